The largest absolute Gasteiger partial charge is 1.00 e. The van der Waals surface area contributed by atoms with Crippen molar-refractivity contribution in [2.45, 2.75) is 90.9 Å². The lowest BCUT2D eigenvalue weighted by Crippen LogP contribution is -3.00. The highest BCUT2D eigenvalue weighted by Crippen LogP contribution is 2.16. The Balaban J connectivity index is 0.00000676. The van der Waals surface area contributed by atoms with Gasteiger partial charge >= 0.3 is 0 Å². The Bertz CT molecular complexity index is 379. The normalized spacial score (nSPS) is 16.0. The molecule has 0 radical (unpaired) electrons. The minimum atomic E-state index is 0. The van der Waals surface area contributed by atoms with E-state index in [1.54, 1.807) is 0 Å². The molecule has 0 aromatic carbocycles. The maximum Gasteiger partial charge on any atom is 0.222 e. The second-order valence-electron chi connectivity index (χ2n) is 8.24. The van der Waals surface area contributed by atoms with Crippen LogP contribution in [-0.2, 0) is 4.79 Å². The van der Waals surface area contributed by atoms with E-state index in [4.69, 9.17) is 0 Å². The number of likely N-dealkylation sites (N-methyl/N-ethyl adjacent to an activating group) is 1. The Morgan fingerprint density at radius 2 is 1.37 bits per heavy atom. The number of unbranched alkanes of at least 4 members (excludes halogenated alkanes) is 10. The standard InChI is InChI=1S/C23H45N2O.BrH/c1-4-7-8-9-10-11-12-13-14-15-16-17-23(26)24-18-21-25(6-3,20-5-2)22-19-24;/h5H,2,4,6-22H2,1,3H3;1H/q+1;/p-1. The van der Waals surface area contributed by atoms with Gasteiger partial charge in [-0.2, -0.15) is 0 Å². The molecule has 0 saturated carbocycles. The van der Waals surface area contributed by atoms with Crippen LogP contribution in [0.3, 0.4) is 0 Å². The van der Waals surface area contributed by atoms with Crippen molar-refractivity contribution in [1.29, 1.82) is 0 Å². The Labute approximate surface area is 179 Å². The third kappa shape index (κ3) is 11.3. The predicted octanol–water partition coefficient (Wildman–Crippen LogP) is 2.56. The second-order valence-corrected chi connectivity index (χ2v) is 8.24. The average molecular weight is 446 g/mol. The van der Waals surface area contributed by atoms with Crippen molar-refractivity contribution < 1.29 is 26.3 Å². The molecule has 1 saturated heterocycles. The molecule has 0 spiro atoms. The number of piperazine rings is 1. The number of rotatable bonds is 15. The highest BCUT2D eigenvalue weighted by Gasteiger charge is 2.31. The number of amides is 1. The summed E-state index contributed by atoms with van der Waals surface area (Å²) in [5.74, 6) is 0.383. The zero-order valence-corrected chi connectivity index (χ0v) is 19.8. The van der Waals surface area contributed by atoms with Crippen LogP contribution in [-0.4, -0.2) is 54.6 Å². The maximum absolute atomic E-state index is 12.4. The fraction of sp³-hybridized carbons (Fsp3) is 0.870. The van der Waals surface area contributed by atoms with Crippen LogP contribution in [0.2, 0.25) is 0 Å². The zero-order chi connectivity index (χ0) is 19.1. The van der Waals surface area contributed by atoms with E-state index in [1.165, 1.54) is 64.2 Å². The summed E-state index contributed by atoms with van der Waals surface area (Å²) in [6, 6.07) is 0. The van der Waals surface area contributed by atoms with Crippen LogP contribution >= 0.6 is 0 Å². The van der Waals surface area contributed by atoms with Gasteiger partial charge in [-0.15, -0.1) is 0 Å². The van der Waals surface area contributed by atoms with Crippen molar-refractivity contribution in [2.75, 3.05) is 39.3 Å². The van der Waals surface area contributed by atoms with Gasteiger partial charge in [-0.1, -0.05) is 77.7 Å². The number of hydrogen-bond acceptors (Lipinski definition) is 1. The van der Waals surface area contributed by atoms with E-state index in [1.807, 2.05) is 6.08 Å². The number of carbonyl (C=O) groups excluding carboxylic acids is 1. The predicted molar refractivity (Wildman–Crippen MR) is 113 cm³/mol. The molecule has 0 aromatic heterocycles. The minimum absolute atomic E-state index is 0. The summed E-state index contributed by atoms with van der Waals surface area (Å²) >= 11 is 0. The Hall–Kier alpha value is -0.350. The van der Waals surface area contributed by atoms with Gasteiger partial charge < -0.3 is 26.4 Å². The van der Waals surface area contributed by atoms with Crippen molar-refractivity contribution in [3.63, 3.8) is 0 Å². The van der Waals surface area contributed by atoms with Crippen LogP contribution in [0.25, 0.3) is 0 Å². The van der Waals surface area contributed by atoms with Crippen molar-refractivity contribution in [3.8, 4) is 0 Å². The Morgan fingerprint density at radius 3 is 1.81 bits per heavy atom. The van der Waals surface area contributed by atoms with Crippen LogP contribution in [0.5, 0.6) is 0 Å². The third-order valence-corrected chi connectivity index (χ3v) is 6.22. The van der Waals surface area contributed by atoms with Crippen LogP contribution < -0.4 is 17.0 Å². The minimum Gasteiger partial charge on any atom is -1.00 e. The van der Waals surface area contributed by atoms with Crippen molar-refractivity contribution in [1.82, 2.24) is 4.90 Å². The fourth-order valence-electron chi connectivity index (χ4n) is 4.14. The fourth-order valence-corrected chi connectivity index (χ4v) is 4.14. The second kappa shape index (κ2) is 16.6. The van der Waals surface area contributed by atoms with E-state index in [2.05, 4.69) is 25.3 Å². The Morgan fingerprint density at radius 1 is 0.889 bits per heavy atom. The van der Waals surface area contributed by atoms with Gasteiger partial charge in [-0.25, -0.2) is 0 Å². The number of quaternary nitrogens is 1. The summed E-state index contributed by atoms with van der Waals surface area (Å²) in [7, 11) is 0. The van der Waals surface area contributed by atoms with Gasteiger partial charge in [0.1, 0.15) is 0 Å². The van der Waals surface area contributed by atoms with E-state index < -0.39 is 0 Å². The molecule has 0 aliphatic carbocycles. The molecule has 0 N–H and O–H groups in total. The van der Waals surface area contributed by atoms with E-state index in [-0.39, 0.29) is 17.0 Å². The van der Waals surface area contributed by atoms with E-state index in [9.17, 15) is 4.79 Å². The average Bonchev–Trinajstić information content (AvgIpc) is 2.66. The molecule has 1 rings (SSSR count). The first-order valence-electron chi connectivity index (χ1n) is 11.4. The summed E-state index contributed by atoms with van der Waals surface area (Å²) in [5, 5.41) is 0. The van der Waals surface area contributed by atoms with Crippen molar-refractivity contribution >= 4 is 5.91 Å². The SMILES string of the molecule is C=CC[N+]1(CC)CCN(C(=O)CCCCCCCCCCCCC)CC1.[Br-]. The Kier molecular flexibility index (Phi) is 16.4. The smallest absolute Gasteiger partial charge is 0.222 e. The first-order valence-corrected chi connectivity index (χ1v) is 11.4. The molecule has 1 fully saturated rings. The number of halogens is 1. The van der Waals surface area contributed by atoms with Crippen LogP contribution in [0.1, 0.15) is 90.9 Å². The van der Waals surface area contributed by atoms with Crippen LogP contribution in [0.15, 0.2) is 12.7 Å². The first kappa shape index (κ1) is 26.6. The molecule has 3 nitrogen and oxygen atoms in total. The molecule has 4 heteroatoms. The molecular weight excluding hydrogens is 400 g/mol. The summed E-state index contributed by atoms with van der Waals surface area (Å²) in [6.07, 6.45) is 17.5. The van der Waals surface area contributed by atoms with Gasteiger partial charge in [0, 0.05) is 6.42 Å². The molecule has 1 aliphatic rings. The topological polar surface area (TPSA) is 20.3 Å². The van der Waals surface area contributed by atoms with E-state index in [0.717, 1.165) is 56.6 Å². The van der Waals surface area contributed by atoms with Gasteiger partial charge in [-0.05, 0) is 19.4 Å². The number of carbonyl (C=O) groups is 1. The van der Waals surface area contributed by atoms with Crippen molar-refractivity contribution in [2.24, 2.45) is 0 Å². The number of nitrogens with zero attached hydrogens (tertiary/aromatic N) is 2. The molecule has 160 valence electrons. The highest BCUT2D eigenvalue weighted by molar-refractivity contribution is 5.76. The van der Waals surface area contributed by atoms with Gasteiger partial charge in [0.2, 0.25) is 5.91 Å². The van der Waals surface area contributed by atoms with Crippen molar-refractivity contribution in [3.05, 3.63) is 12.7 Å². The summed E-state index contributed by atoms with van der Waals surface area (Å²) in [5.41, 5.74) is 0. The van der Waals surface area contributed by atoms with Gasteiger partial charge in [0.05, 0.1) is 39.3 Å². The lowest BCUT2D eigenvalue weighted by Gasteiger charge is -2.43. The lowest BCUT2D eigenvalue weighted by atomic mass is 10.0. The maximum atomic E-state index is 12.4. The highest BCUT2D eigenvalue weighted by atomic mass is 79.9. The molecule has 1 heterocycles. The van der Waals surface area contributed by atoms with Gasteiger partial charge in [0.15, 0.2) is 0 Å². The van der Waals surface area contributed by atoms with Crippen LogP contribution in [0, 0.1) is 0 Å². The third-order valence-electron chi connectivity index (χ3n) is 6.22. The van der Waals surface area contributed by atoms with Gasteiger partial charge in [0.25, 0.3) is 0 Å². The molecule has 0 atom stereocenters. The zero-order valence-electron chi connectivity index (χ0n) is 18.2. The summed E-state index contributed by atoms with van der Waals surface area (Å²) in [6.45, 7) is 14.7. The van der Waals surface area contributed by atoms with E-state index in [0.29, 0.717) is 5.91 Å². The van der Waals surface area contributed by atoms with Gasteiger partial charge in [-0.3, -0.25) is 4.79 Å². The monoisotopic (exact) mass is 444 g/mol. The molecule has 0 bridgehead atoms. The molecular formula is C23H45BrN2O. The van der Waals surface area contributed by atoms with E-state index >= 15 is 0 Å². The lowest BCUT2D eigenvalue weighted by molar-refractivity contribution is -0.924. The summed E-state index contributed by atoms with van der Waals surface area (Å²) in [4.78, 5) is 14.5. The molecule has 27 heavy (non-hydrogen) atoms. The quantitative estimate of drug-likeness (QED) is 0.216. The molecule has 1 aliphatic heterocycles. The first-order chi connectivity index (χ1) is 12.7. The van der Waals surface area contributed by atoms with Crippen LogP contribution in [0.4, 0.5) is 0 Å². The molecule has 0 unspecified atom stereocenters. The molecule has 0 aromatic rings. The summed E-state index contributed by atoms with van der Waals surface area (Å²) < 4.78 is 1.10. The number of hydrogen-bond donors (Lipinski definition) is 0. The molecule has 1 amide bonds.